The molecule has 2 atom stereocenters. The van der Waals surface area contributed by atoms with Crippen molar-refractivity contribution in [3.63, 3.8) is 0 Å². The summed E-state index contributed by atoms with van der Waals surface area (Å²) in [5.41, 5.74) is 0.838. The summed E-state index contributed by atoms with van der Waals surface area (Å²) in [6.45, 7) is 9.93. The fourth-order valence-corrected chi connectivity index (χ4v) is 1.92. The number of rotatable bonds is 8. The van der Waals surface area contributed by atoms with Crippen molar-refractivity contribution in [2.24, 2.45) is 0 Å². The van der Waals surface area contributed by atoms with E-state index in [1.807, 2.05) is 27.7 Å². The van der Waals surface area contributed by atoms with E-state index in [4.69, 9.17) is 9.47 Å². The third kappa shape index (κ3) is 5.17. The van der Waals surface area contributed by atoms with E-state index in [0.717, 1.165) is 12.1 Å². The highest BCUT2D eigenvalue weighted by Gasteiger charge is 2.14. The summed E-state index contributed by atoms with van der Waals surface area (Å²) in [4.78, 5) is 0. The lowest BCUT2D eigenvalue weighted by molar-refractivity contribution is 0.0649. The molecular weight excluding hydrogens is 245 g/mol. The lowest BCUT2D eigenvalue weighted by atomic mass is 10.1. The molecule has 1 rings (SSSR count). The zero-order valence-corrected chi connectivity index (χ0v) is 12.2. The first-order chi connectivity index (χ1) is 9.08. The number of halogens is 1. The predicted molar refractivity (Wildman–Crippen MR) is 75.1 cm³/mol. The fraction of sp³-hybridized carbons (Fsp3) is 0.600. The summed E-state index contributed by atoms with van der Waals surface area (Å²) in [6, 6.07) is 4.68. The van der Waals surface area contributed by atoms with Gasteiger partial charge >= 0.3 is 0 Å². The quantitative estimate of drug-likeness (QED) is 0.785. The minimum atomic E-state index is -0.246. The van der Waals surface area contributed by atoms with Crippen LogP contribution in [0.25, 0.3) is 0 Å². The second kappa shape index (κ2) is 8.12. The van der Waals surface area contributed by atoms with Crippen LogP contribution in [-0.4, -0.2) is 25.9 Å². The zero-order chi connectivity index (χ0) is 14.3. The van der Waals surface area contributed by atoms with Gasteiger partial charge in [-0.15, -0.1) is 0 Å². The summed E-state index contributed by atoms with van der Waals surface area (Å²) in [5.74, 6) is 0.464. The Balaban J connectivity index is 2.81. The van der Waals surface area contributed by atoms with Crippen molar-refractivity contribution in [1.29, 1.82) is 0 Å². The van der Waals surface area contributed by atoms with E-state index < -0.39 is 0 Å². The molecule has 4 heteroatoms. The van der Waals surface area contributed by atoms with Gasteiger partial charge in [-0.05, 0) is 45.5 Å². The highest BCUT2D eigenvalue weighted by Crippen LogP contribution is 2.27. The predicted octanol–water partition coefficient (Wildman–Crippen LogP) is 3.30. The SMILES string of the molecule is CCNC(C)c1cc(F)ccc1OC(C)COCC. The minimum Gasteiger partial charge on any atom is -0.488 e. The van der Waals surface area contributed by atoms with Crippen molar-refractivity contribution in [2.75, 3.05) is 19.8 Å². The third-order valence-corrected chi connectivity index (χ3v) is 2.83. The summed E-state index contributed by atoms with van der Waals surface area (Å²) >= 11 is 0. The van der Waals surface area contributed by atoms with E-state index >= 15 is 0 Å². The van der Waals surface area contributed by atoms with E-state index in [1.54, 1.807) is 6.07 Å². The molecule has 0 aliphatic rings. The first-order valence-corrected chi connectivity index (χ1v) is 6.85. The van der Waals surface area contributed by atoms with Crippen LogP contribution in [0.15, 0.2) is 18.2 Å². The van der Waals surface area contributed by atoms with Crippen molar-refractivity contribution in [2.45, 2.75) is 39.8 Å². The maximum absolute atomic E-state index is 13.4. The van der Waals surface area contributed by atoms with Gasteiger partial charge in [-0.1, -0.05) is 6.92 Å². The topological polar surface area (TPSA) is 30.5 Å². The van der Waals surface area contributed by atoms with Crippen LogP contribution in [0.2, 0.25) is 0 Å². The van der Waals surface area contributed by atoms with E-state index in [1.165, 1.54) is 12.1 Å². The maximum Gasteiger partial charge on any atom is 0.124 e. The van der Waals surface area contributed by atoms with Crippen LogP contribution in [0.5, 0.6) is 5.75 Å². The summed E-state index contributed by atoms with van der Waals surface area (Å²) in [5, 5.41) is 3.27. The Morgan fingerprint density at radius 3 is 2.63 bits per heavy atom. The Labute approximate surface area is 115 Å². The molecule has 0 amide bonds. The van der Waals surface area contributed by atoms with Crippen LogP contribution in [-0.2, 0) is 4.74 Å². The maximum atomic E-state index is 13.4. The lowest BCUT2D eigenvalue weighted by Gasteiger charge is -2.21. The van der Waals surface area contributed by atoms with Gasteiger partial charge in [0.25, 0.3) is 0 Å². The summed E-state index contributed by atoms with van der Waals surface area (Å²) in [6.07, 6.45) is -0.0574. The highest BCUT2D eigenvalue weighted by molar-refractivity contribution is 5.36. The molecular formula is C15H24FNO2. The molecule has 0 heterocycles. The molecule has 0 aromatic heterocycles. The van der Waals surface area contributed by atoms with Gasteiger partial charge in [0.2, 0.25) is 0 Å². The van der Waals surface area contributed by atoms with Gasteiger partial charge in [0, 0.05) is 18.2 Å². The molecule has 1 N–H and O–H groups in total. The molecule has 108 valence electrons. The average Bonchev–Trinajstić information content (AvgIpc) is 2.38. The summed E-state index contributed by atoms with van der Waals surface area (Å²) < 4.78 is 24.5. The minimum absolute atomic E-state index is 0.0509. The van der Waals surface area contributed by atoms with Gasteiger partial charge in [-0.2, -0.15) is 0 Å². The van der Waals surface area contributed by atoms with Gasteiger partial charge in [-0.3, -0.25) is 0 Å². The molecule has 2 unspecified atom stereocenters. The molecule has 0 saturated carbocycles. The third-order valence-electron chi connectivity index (χ3n) is 2.83. The molecule has 0 fully saturated rings. The number of benzene rings is 1. The van der Waals surface area contributed by atoms with Gasteiger partial charge < -0.3 is 14.8 Å². The van der Waals surface area contributed by atoms with Gasteiger partial charge in [0.05, 0.1) is 6.61 Å². The molecule has 0 spiro atoms. The van der Waals surface area contributed by atoms with Crippen molar-refractivity contribution < 1.29 is 13.9 Å². The second-order valence-electron chi connectivity index (χ2n) is 4.55. The van der Waals surface area contributed by atoms with Gasteiger partial charge in [0.1, 0.15) is 17.7 Å². The van der Waals surface area contributed by atoms with E-state index in [-0.39, 0.29) is 18.0 Å². The standard InChI is InChI=1S/C15H24FNO2/c1-5-17-12(4)14-9-13(16)7-8-15(14)19-11(3)10-18-6-2/h7-9,11-12,17H,5-6,10H2,1-4H3. The molecule has 0 bridgehead atoms. The van der Waals surface area contributed by atoms with Crippen LogP contribution in [0.3, 0.4) is 0 Å². The molecule has 0 aliphatic heterocycles. The van der Waals surface area contributed by atoms with Crippen LogP contribution < -0.4 is 10.1 Å². The van der Waals surface area contributed by atoms with E-state index in [2.05, 4.69) is 5.32 Å². The Bertz CT molecular complexity index is 384. The van der Waals surface area contributed by atoms with Crippen molar-refractivity contribution >= 4 is 0 Å². The Morgan fingerprint density at radius 2 is 2.00 bits per heavy atom. The van der Waals surface area contributed by atoms with Crippen molar-refractivity contribution in [3.05, 3.63) is 29.6 Å². The largest absolute Gasteiger partial charge is 0.488 e. The number of hydrogen-bond acceptors (Lipinski definition) is 3. The van der Waals surface area contributed by atoms with Crippen LogP contribution in [0, 0.1) is 5.82 Å². The molecule has 0 saturated heterocycles. The zero-order valence-electron chi connectivity index (χ0n) is 12.2. The molecule has 0 radical (unpaired) electrons. The van der Waals surface area contributed by atoms with Gasteiger partial charge in [0.15, 0.2) is 0 Å². The van der Waals surface area contributed by atoms with Crippen LogP contribution >= 0.6 is 0 Å². The second-order valence-corrected chi connectivity index (χ2v) is 4.55. The van der Waals surface area contributed by atoms with Crippen LogP contribution in [0.4, 0.5) is 4.39 Å². The first kappa shape index (κ1) is 15.9. The Morgan fingerprint density at radius 1 is 1.26 bits per heavy atom. The van der Waals surface area contributed by atoms with Gasteiger partial charge in [-0.25, -0.2) is 4.39 Å². The smallest absolute Gasteiger partial charge is 0.124 e. The normalized spacial score (nSPS) is 14.2. The Hall–Kier alpha value is -1.13. The van der Waals surface area contributed by atoms with Crippen LogP contribution in [0.1, 0.15) is 39.3 Å². The molecule has 1 aromatic carbocycles. The van der Waals surface area contributed by atoms with Crippen molar-refractivity contribution in [1.82, 2.24) is 5.32 Å². The first-order valence-electron chi connectivity index (χ1n) is 6.85. The van der Waals surface area contributed by atoms with E-state index in [9.17, 15) is 4.39 Å². The highest BCUT2D eigenvalue weighted by atomic mass is 19.1. The molecule has 1 aromatic rings. The number of hydrogen-bond donors (Lipinski definition) is 1. The molecule has 19 heavy (non-hydrogen) atoms. The van der Waals surface area contributed by atoms with E-state index in [0.29, 0.717) is 19.0 Å². The molecule has 0 aliphatic carbocycles. The van der Waals surface area contributed by atoms with Crippen molar-refractivity contribution in [3.8, 4) is 5.75 Å². The number of nitrogens with one attached hydrogen (secondary N) is 1. The monoisotopic (exact) mass is 269 g/mol. The Kier molecular flexibility index (Phi) is 6.81. The average molecular weight is 269 g/mol. The fourth-order valence-electron chi connectivity index (χ4n) is 1.92. The molecule has 3 nitrogen and oxygen atoms in total. The number of ether oxygens (including phenoxy) is 2. The summed E-state index contributed by atoms with van der Waals surface area (Å²) in [7, 11) is 0. The lowest BCUT2D eigenvalue weighted by Crippen LogP contribution is -2.22.